The van der Waals surface area contributed by atoms with Crippen LogP contribution in [0.25, 0.3) is 0 Å². The molecule has 1 N–H and O–H groups in total. The van der Waals surface area contributed by atoms with Crippen LogP contribution < -0.4 is 15.0 Å². The predicted molar refractivity (Wildman–Crippen MR) is 99.6 cm³/mol. The number of nitrogens with one attached hydrogen (secondary N) is 1. The first-order chi connectivity index (χ1) is 11.3. The average molecular weight is 395 g/mol. The number of aromatic nitrogens is 2. The molecule has 0 bridgehead atoms. The van der Waals surface area contributed by atoms with E-state index < -0.39 is 0 Å². The Kier molecular flexibility index (Phi) is 5.61. The van der Waals surface area contributed by atoms with Crippen molar-refractivity contribution in [2.24, 2.45) is 0 Å². The van der Waals surface area contributed by atoms with Gasteiger partial charge < -0.3 is 15.0 Å². The number of halogens is 1. The molecule has 1 aliphatic rings. The van der Waals surface area contributed by atoms with Crippen molar-refractivity contribution in [3.8, 4) is 5.75 Å². The van der Waals surface area contributed by atoms with Gasteiger partial charge in [-0.25, -0.2) is 9.97 Å². The zero-order valence-corrected chi connectivity index (χ0v) is 15.4. The molecule has 1 aromatic heterocycles. The topological polar surface area (TPSA) is 50.3 Å². The van der Waals surface area contributed by atoms with E-state index in [0.717, 1.165) is 52.0 Å². The third-order valence-electron chi connectivity index (χ3n) is 3.68. The molecule has 0 amide bonds. The molecule has 2 heterocycles. The number of nitrogens with zero attached hydrogens (tertiary/aromatic N) is 3. The second-order valence-corrected chi connectivity index (χ2v) is 7.26. The molecule has 1 aliphatic heterocycles. The van der Waals surface area contributed by atoms with Gasteiger partial charge in [-0.1, -0.05) is 6.07 Å². The van der Waals surface area contributed by atoms with Gasteiger partial charge in [0.1, 0.15) is 23.7 Å². The van der Waals surface area contributed by atoms with Gasteiger partial charge in [0.15, 0.2) is 0 Å². The van der Waals surface area contributed by atoms with Crippen molar-refractivity contribution in [3.63, 3.8) is 0 Å². The maximum Gasteiger partial charge on any atom is 0.134 e. The summed E-state index contributed by atoms with van der Waals surface area (Å²) in [5, 5.41) is 3.36. The molecular formula is C16H19BrN4OS. The summed E-state index contributed by atoms with van der Waals surface area (Å²) in [6, 6.07) is 8.07. The van der Waals surface area contributed by atoms with Crippen molar-refractivity contribution >= 4 is 39.3 Å². The van der Waals surface area contributed by atoms with E-state index in [0.29, 0.717) is 6.54 Å². The summed E-state index contributed by atoms with van der Waals surface area (Å²) in [6.45, 7) is 2.80. The summed E-state index contributed by atoms with van der Waals surface area (Å²) in [4.78, 5) is 11.0. The van der Waals surface area contributed by atoms with Crippen LogP contribution in [0, 0.1) is 0 Å². The molecule has 1 fully saturated rings. The zero-order chi connectivity index (χ0) is 16.1. The first-order valence-electron chi connectivity index (χ1n) is 7.47. The Hall–Kier alpha value is -1.47. The maximum atomic E-state index is 5.25. The third kappa shape index (κ3) is 4.29. The highest BCUT2D eigenvalue weighted by Crippen LogP contribution is 2.26. The van der Waals surface area contributed by atoms with E-state index in [-0.39, 0.29) is 0 Å². The van der Waals surface area contributed by atoms with Crippen molar-refractivity contribution in [1.29, 1.82) is 0 Å². The molecule has 0 saturated carbocycles. The van der Waals surface area contributed by atoms with E-state index >= 15 is 0 Å². The predicted octanol–water partition coefficient (Wildman–Crippen LogP) is 3.41. The molecule has 0 unspecified atom stereocenters. The van der Waals surface area contributed by atoms with E-state index in [1.807, 2.05) is 30.0 Å². The maximum absolute atomic E-state index is 5.25. The summed E-state index contributed by atoms with van der Waals surface area (Å²) in [5.74, 6) is 5.00. The minimum Gasteiger partial charge on any atom is -0.496 e. The fraction of sp³-hybridized carbons (Fsp3) is 0.375. The fourth-order valence-electron chi connectivity index (χ4n) is 2.42. The van der Waals surface area contributed by atoms with Gasteiger partial charge in [0, 0.05) is 37.2 Å². The molecule has 0 aliphatic carbocycles. The summed E-state index contributed by atoms with van der Waals surface area (Å²) in [7, 11) is 1.67. The second kappa shape index (κ2) is 7.88. The van der Waals surface area contributed by atoms with Crippen molar-refractivity contribution in [2.45, 2.75) is 6.54 Å². The molecule has 122 valence electrons. The highest BCUT2D eigenvalue weighted by Gasteiger charge is 2.13. The highest BCUT2D eigenvalue weighted by molar-refractivity contribution is 9.10. The van der Waals surface area contributed by atoms with Gasteiger partial charge >= 0.3 is 0 Å². The number of methoxy groups -OCH3 is 1. The normalized spacial score (nSPS) is 14.6. The Bertz CT molecular complexity index is 664. The fourth-order valence-corrected chi connectivity index (χ4v) is 3.91. The molecule has 3 rings (SSSR count). The van der Waals surface area contributed by atoms with E-state index in [2.05, 4.69) is 42.2 Å². The Morgan fingerprint density at radius 3 is 2.83 bits per heavy atom. The van der Waals surface area contributed by atoms with Crippen LogP contribution in [0.4, 0.5) is 11.6 Å². The van der Waals surface area contributed by atoms with Crippen LogP contribution in [0.3, 0.4) is 0 Å². The SMILES string of the molecule is COc1ccc(CNc2cc(N3CCSCC3)ncn2)cc1Br. The first-order valence-corrected chi connectivity index (χ1v) is 9.42. The van der Waals surface area contributed by atoms with Gasteiger partial charge in [0.2, 0.25) is 0 Å². The minimum absolute atomic E-state index is 0.703. The number of rotatable bonds is 5. The van der Waals surface area contributed by atoms with Crippen LogP contribution in [-0.2, 0) is 6.54 Å². The van der Waals surface area contributed by atoms with Crippen molar-refractivity contribution in [2.75, 3.05) is 41.9 Å². The number of hydrogen-bond donors (Lipinski definition) is 1. The third-order valence-corrected chi connectivity index (χ3v) is 5.24. The molecule has 7 heteroatoms. The minimum atomic E-state index is 0.703. The van der Waals surface area contributed by atoms with Crippen LogP contribution in [0.1, 0.15) is 5.56 Å². The zero-order valence-electron chi connectivity index (χ0n) is 13.0. The van der Waals surface area contributed by atoms with Crippen molar-refractivity contribution in [3.05, 3.63) is 40.6 Å². The summed E-state index contributed by atoms with van der Waals surface area (Å²) in [5.41, 5.74) is 1.16. The van der Waals surface area contributed by atoms with Gasteiger partial charge in [0.25, 0.3) is 0 Å². The van der Waals surface area contributed by atoms with Crippen LogP contribution in [0.5, 0.6) is 5.75 Å². The second-order valence-electron chi connectivity index (χ2n) is 5.18. The highest BCUT2D eigenvalue weighted by atomic mass is 79.9. The van der Waals surface area contributed by atoms with Gasteiger partial charge in [0.05, 0.1) is 11.6 Å². The number of hydrogen-bond acceptors (Lipinski definition) is 6. The largest absolute Gasteiger partial charge is 0.496 e. The molecule has 1 saturated heterocycles. The molecule has 0 spiro atoms. The van der Waals surface area contributed by atoms with Crippen LogP contribution >= 0.6 is 27.7 Å². The molecule has 0 radical (unpaired) electrons. The molecule has 1 aromatic carbocycles. The Labute approximate surface area is 149 Å². The molecule has 0 atom stereocenters. The van der Waals surface area contributed by atoms with Gasteiger partial charge in [-0.05, 0) is 33.6 Å². The standard InChI is InChI=1S/C16H19BrN4OS/c1-22-14-3-2-12(8-13(14)17)10-18-15-9-16(20-11-19-15)21-4-6-23-7-5-21/h2-3,8-9,11H,4-7,10H2,1H3,(H,18,19,20). The lowest BCUT2D eigenvalue weighted by Gasteiger charge is -2.27. The Morgan fingerprint density at radius 1 is 1.26 bits per heavy atom. The average Bonchev–Trinajstić information content (AvgIpc) is 2.61. The van der Waals surface area contributed by atoms with Gasteiger partial charge in [-0.15, -0.1) is 0 Å². The summed E-state index contributed by atoms with van der Waals surface area (Å²) >= 11 is 5.50. The Morgan fingerprint density at radius 2 is 2.09 bits per heavy atom. The number of benzene rings is 1. The van der Waals surface area contributed by atoms with Gasteiger partial charge in [-0.3, -0.25) is 0 Å². The molecular weight excluding hydrogens is 376 g/mol. The summed E-state index contributed by atoms with van der Waals surface area (Å²) < 4.78 is 6.20. The van der Waals surface area contributed by atoms with E-state index in [9.17, 15) is 0 Å². The summed E-state index contributed by atoms with van der Waals surface area (Å²) in [6.07, 6.45) is 1.63. The van der Waals surface area contributed by atoms with Crippen LogP contribution in [0.15, 0.2) is 35.1 Å². The number of ether oxygens (including phenoxy) is 1. The lowest BCUT2D eigenvalue weighted by atomic mass is 10.2. The number of anilines is 2. The Balaban J connectivity index is 1.65. The van der Waals surface area contributed by atoms with Crippen LogP contribution in [0.2, 0.25) is 0 Å². The first kappa shape index (κ1) is 16.4. The molecule has 2 aromatic rings. The van der Waals surface area contributed by atoms with E-state index in [4.69, 9.17) is 4.74 Å². The smallest absolute Gasteiger partial charge is 0.134 e. The van der Waals surface area contributed by atoms with Gasteiger partial charge in [-0.2, -0.15) is 11.8 Å². The lowest BCUT2D eigenvalue weighted by molar-refractivity contribution is 0.412. The number of thioether (sulfide) groups is 1. The quantitative estimate of drug-likeness (QED) is 0.838. The van der Waals surface area contributed by atoms with E-state index in [1.54, 1.807) is 13.4 Å². The molecule has 23 heavy (non-hydrogen) atoms. The van der Waals surface area contributed by atoms with Crippen molar-refractivity contribution in [1.82, 2.24) is 9.97 Å². The van der Waals surface area contributed by atoms with Crippen molar-refractivity contribution < 1.29 is 4.74 Å². The van der Waals surface area contributed by atoms with Crippen LogP contribution in [-0.4, -0.2) is 41.7 Å². The monoisotopic (exact) mass is 394 g/mol. The van der Waals surface area contributed by atoms with E-state index in [1.165, 1.54) is 0 Å². The lowest BCUT2D eigenvalue weighted by Crippen LogP contribution is -2.33. The molecule has 5 nitrogen and oxygen atoms in total.